The van der Waals surface area contributed by atoms with Crippen molar-refractivity contribution in [1.29, 1.82) is 0 Å². The van der Waals surface area contributed by atoms with Crippen LogP contribution < -0.4 is 0 Å². The van der Waals surface area contributed by atoms with Gasteiger partial charge in [0.25, 0.3) is 0 Å². The number of rotatable bonds is 7. The molecule has 1 aromatic carbocycles. The lowest BCUT2D eigenvalue weighted by Crippen LogP contribution is -2.31. The molecule has 0 N–H and O–H groups in total. The molecule has 3 aliphatic carbocycles. The Balaban J connectivity index is 1.45. The maximum Gasteiger partial charge on any atom is 0.133 e. The van der Waals surface area contributed by atoms with Crippen LogP contribution in [0.25, 0.3) is 0 Å². The summed E-state index contributed by atoms with van der Waals surface area (Å²) in [6, 6.07) is 1.71. The molecule has 0 heterocycles. The quantitative estimate of drug-likeness (QED) is 0.392. The first-order valence-corrected chi connectivity index (χ1v) is 12.7. The molecule has 0 bridgehead atoms. The zero-order chi connectivity index (χ0) is 21.1. The van der Waals surface area contributed by atoms with E-state index >= 15 is 8.78 Å². The van der Waals surface area contributed by atoms with Gasteiger partial charge in [-0.3, -0.25) is 0 Å². The summed E-state index contributed by atoms with van der Waals surface area (Å²) in [7, 11) is 0. The molecule has 0 spiro atoms. The van der Waals surface area contributed by atoms with Gasteiger partial charge in [0.15, 0.2) is 0 Å². The van der Waals surface area contributed by atoms with Crippen molar-refractivity contribution >= 4 is 0 Å². The van der Waals surface area contributed by atoms with Crippen LogP contribution in [-0.2, 0) is 12.8 Å². The zero-order valence-electron chi connectivity index (χ0n) is 18.9. The normalized spacial score (nSPS) is 31.1. The predicted octanol–water partition coefficient (Wildman–Crippen LogP) is 8.53. The topological polar surface area (TPSA) is 0 Å². The van der Waals surface area contributed by atoms with Crippen molar-refractivity contribution in [2.24, 2.45) is 23.7 Å². The van der Waals surface area contributed by atoms with Gasteiger partial charge in [-0.2, -0.15) is 0 Å². The van der Waals surface area contributed by atoms with Gasteiger partial charge in [0.2, 0.25) is 0 Å². The van der Waals surface area contributed by atoms with Crippen LogP contribution in [0.3, 0.4) is 0 Å². The van der Waals surface area contributed by atoms with E-state index in [-0.39, 0.29) is 17.6 Å². The van der Waals surface area contributed by atoms with Crippen LogP contribution in [0, 0.1) is 35.3 Å². The average Bonchev–Trinajstić information content (AvgIpc) is 2.75. The maximum atomic E-state index is 15.6. The van der Waals surface area contributed by atoms with Crippen molar-refractivity contribution in [2.75, 3.05) is 0 Å². The van der Waals surface area contributed by atoms with Gasteiger partial charge in [-0.15, -0.1) is 6.58 Å². The molecule has 0 aromatic heterocycles. The summed E-state index contributed by atoms with van der Waals surface area (Å²) in [4.78, 5) is 0. The zero-order valence-corrected chi connectivity index (χ0v) is 18.9. The third-order valence-electron chi connectivity index (χ3n) is 8.63. The maximum absolute atomic E-state index is 15.6. The highest BCUT2D eigenvalue weighted by Crippen LogP contribution is 2.49. The van der Waals surface area contributed by atoms with E-state index in [0.717, 1.165) is 67.9 Å². The molecular formula is C28H40F2. The monoisotopic (exact) mass is 414 g/mol. The average molecular weight is 415 g/mol. The van der Waals surface area contributed by atoms with Crippen LogP contribution in [0.1, 0.15) is 107 Å². The summed E-state index contributed by atoms with van der Waals surface area (Å²) in [5.41, 5.74) is 2.24. The minimum absolute atomic E-state index is 0.0825. The highest BCUT2D eigenvalue weighted by Gasteiger charge is 2.38. The summed E-state index contributed by atoms with van der Waals surface area (Å²) in [5, 5.41) is 0. The fourth-order valence-electron chi connectivity index (χ4n) is 6.92. The molecule has 2 heteroatoms. The third-order valence-corrected chi connectivity index (χ3v) is 8.63. The van der Waals surface area contributed by atoms with Crippen LogP contribution >= 0.6 is 0 Å². The second-order valence-corrected chi connectivity index (χ2v) is 10.6. The van der Waals surface area contributed by atoms with E-state index in [2.05, 4.69) is 13.5 Å². The Bertz CT molecular complexity index is 737. The highest BCUT2D eigenvalue weighted by molar-refractivity contribution is 5.39. The van der Waals surface area contributed by atoms with Crippen LogP contribution in [-0.4, -0.2) is 0 Å². The van der Waals surface area contributed by atoms with Crippen molar-refractivity contribution in [3.63, 3.8) is 0 Å². The number of hydrogen-bond donors (Lipinski definition) is 0. The summed E-state index contributed by atoms with van der Waals surface area (Å²) in [6.07, 6.45) is 17.7. The van der Waals surface area contributed by atoms with Crippen molar-refractivity contribution in [2.45, 2.75) is 103 Å². The van der Waals surface area contributed by atoms with Crippen LogP contribution in [0.15, 0.2) is 18.7 Å². The minimum Gasteiger partial charge on any atom is -0.207 e. The molecular weight excluding hydrogens is 374 g/mol. The third kappa shape index (κ3) is 4.68. The predicted molar refractivity (Wildman–Crippen MR) is 122 cm³/mol. The number of halogens is 2. The Morgan fingerprint density at radius 1 is 1.00 bits per heavy atom. The molecule has 5 atom stereocenters. The van der Waals surface area contributed by atoms with E-state index in [1.54, 1.807) is 6.07 Å². The smallest absolute Gasteiger partial charge is 0.133 e. The van der Waals surface area contributed by atoms with E-state index in [0.29, 0.717) is 17.4 Å². The number of fused-ring (bicyclic) bond motifs is 2. The van der Waals surface area contributed by atoms with Gasteiger partial charge in [-0.1, -0.05) is 38.7 Å². The Morgan fingerprint density at radius 3 is 2.60 bits per heavy atom. The van der Waals surface area contributed by atoms with E-state index in [4.69, 9.17) is 0 Å². The molecule has 0 nitrogen and oxygen atoms in total. The number of unbranched alkanes of at least 4 members (excludes halogenated alkanes) is 1. The molecule has 1 aromatic rings. The lowest BCUT2D eigenvalue weighted by Gasteiger charge is -2.42. The van der Waals surface area contributed by atoms with Gasteiger partial charge in [-0.25, -0.2) is 8.78 Å². The summed E-state index contributed by atoms with van der Waals surface area (Å²) < 4.78 is 30.7. The first-order chi connectivity index (χ1) is 14.6. The van der Waals surface area contributed by atoms with Gasteiger partial charge in [0.05, 0.1) is 0 Å². The van der Waals surface area contributed by atoms with Crippen LogP contribution in [0.2, 0.25) is 0 Å². The van der Waals surface area contributed by atoms with E-state index in [9.17, 15) is 0 Å². The van der Waals surface area contributed by atoms with E-state index in [1.165, 1.54) is 44.9 Å². The molecule has 4 rings (SSSR count). The fraction of sp³-hybridized carbons (Fsp3) is 0.714. The van der Waals surface area contributed by atoms with Gasteiger partial charge >= 0.3 is 0 Å². The minimum atomic E-state index is -0.259. The highest BCUT2D eigenvalue weighted by atomic mass is 19.1. The summed E-state index contributed by atoms with van der Waals surface area (Å²) in [5.74, 6) is 2.52. The molecule has 30 heavy (non-hydrogen) atoms. The number of hydrogen-bond acceptors (Lipinski definition) is 0. The standard InChI is InChI=1S/C28H40F2/c1-3-5-7-19-9-11-22-17-23(13-12-21(22)15-19)27-26(29)18-24-16-20(8-6-4-2)10-14-25(24)28(27)30/h3,18-23H,1,4-17H2,2H3. The summed E-state index contributed by atoms with van der Waals surface area (Å²) in [6.45, 7) is 6.08. The summed E-state index contributed by atoms with van der Waals surface area (Å²) >= 11 is 0. The van der Waals surface area contributed by atoms with Crippen LogP contribution in [0.5, 0.6) is 0 Å². The Kier molecular flexibility index (Phi) is 7.32. The molecule has 2 saturated carbocycles. The molecule has 166 valence electrons. The lowest BCUT2D eigenvalue weighted by molar-refractivity contribution is 0.113. The van der Waals surface area contributed by atoms with Crippen molar-refractivity contribution in [3.8, 4) is 0 Å². The number of allylic oxidation sites excluding steroid dienone is 1. The Hall–Kier alpha value is -1.18. The second-order valence-electron chi connectivity index (χ2n) is 10.6. The molecule has 0 radical (unpaired) electrons. The Labute approximate surface area is 182 Å². The second kappa shape index (κ2) is 9.96. The molecule has 0 aliphatic heterocycles. The van der Waals surface area contributed by atoms with E-state index < -0.39 is 0 Å². The molecule has 2 fully saturated rings. The SMILES string of the molecule is C=CCCC1CCC2CC(c3c(F)cc4c(c3F)CCC(CCCC)C4)CCC2C1. The van der Waals surface area contributed by atoms with Crippen LogP contribution in [0.4, 0.5) is 8.78 Å². The Morgan fingerprint density at radius 2 is 1.80 bits per heavy atom. The lowest BCUT2D eigenvalue weighted by atomic mass is 9.63. The van der Waals surface area contributed by atoms with Crippen molar-refractivity contribution in [3.05, 3.63) is 47.0 Å². The van der Waals surface area contributed by atoms with Crippen molar-refractivity contribution < 1.29 is 8.78 Å². The number of benzene rings is 1. The van der Waals surface area contributed by atoms with Gasteiger partial charge in [0, 0.05) is 5.56 Å². The first kappa shape index (κ1) is 22.0. The fourth-order valence-corrected chi connectivity index (χ4v) is 6.92. The van der Waals surface area contributed by atoms with E-state index in [1.807, 2.05) is 6.08 Å². The largest absolute Gasteiger partial charge is 0.207 e. The molecule has 5 unspecified atom stereocenters. The van der Waals surface area contributed by atoms with Crippen molar-refractivity contribution in [1.82, 2.24) is 0 Å². The molecule has 3 aliphatic rings. The molecule has 0 saturated heterocycles. The van der Waals surface area contributed by atoms with Gasteiger partial charge in [-0.05, 0) is 111 Å². The first-order valence-electron chi connectivity index (χ1n) is 12.7. The molecule has 0 amide bonds. The van der Waals surface area contributed by atoms with Gasteiger partial charge in [0.1, 0.15) is 11.6 Å². The van der Waals surface area contributed by atoms with Gasteiger partial charge < -0.3 is 0 Å².